The minimum absolute atomic E-state index is 0.0804. The van der Waals surface area contributed by atoms with E-state index in [1.54, 1.807) is 24.4 Å². The third-order valence-corrected chi connectivity index (χ3v) is 7.08. The Morgan fingerprint density at radius 2 is 2.00 bits per heavy atom. The number of anilines is 3. The molecule has 12 heteroatoms. The number of nitrogens with one attached hydrogen (secondary N) is 1. The standard InChI is InChI=1S/C28H28F3N5O4/c1-17-2-3-20(34-27(39)18-4-6-32-24(13-18)28(29,30)31)14-22(17)19-12-23-26(33-16-19)36(7-9-37)25(38)15-21-5-10-40-11-8-35(21)23/h2-4,6,12-14,16,21,37H,5,7-11,15H2,1H3,(H,34,39). The maximum Gasteiger partial charge on any atom is 0.433 e. The first kappa shape index (κ1) is 27.5. The van der Waals surface area contributed by atoms with Crippen LogP contribution in [0.1, 0.15) is 34.5 Å². The van der Waals surface area contributed by atoms with Crippen LogP contribution < -0.4 is 15.1 Å². The largest absolute Gasteiger partial charge is 0.433 e. The smallest absolute Gasteiger partial charge is 0.395 e. The first-order valence-corrected chi connectivity index (χ1v) is 12.9. The number of nitrogens with zero attached hydrogens (tertiary/aromatic N) is 4. The minimum Gasteiger partial charge on any atom is -0.395 e. The molecular formula is C28H28F3N5O4. The van der Waals surface area contributed by atoms with Crippen molar-refractivity contribution in [1.29, 1.82) is 0 Å². The minimum atomic E-state index is -4.67. The lowest BCUT2D eigenvalue weighted by molar-refractivity contribution is -0.141. The van der Waals surface area contributed by atoms with Crippen LogP contribution in [0.3, 0.4) is 0 Å². The van der Waals surface area contributed by atoms with Crippen molar-refractivity contribution in [3.8, 4) is 11.1 Å². The summed E-state index contributed by atoms with van der Waals surface area (Å²) in [6, 6.07) is 8.99. The molecule has 0 bridgehead atoms. The maximum absolute atomic E-state index is 13.1. The number of aliphatic hydroxyl groups is 1. The van der Waals surface area contributed by atoms with E-state index in [1.807, 2.05) is 13.0 Å². The summed E-state index contributed by atoms with van der Waals surface area (Å²) < 4.78 is 44.8. The summed E-state index contributed by atoms with van der Waals surface area (Å²) >= 11 is 0. The molecule has 1 unspecified atom stereocenters. The molecule has 3 aromatic rings. The zero-order valence-corrected chi connectivity index (χ0v) is 21.7. The molecule has 0 spiro atoms. The number of fused-ring (bicyclic) bond motifs is 3. The van der Waals surface area contributed by atoms with E-state index >= 15 is 0 Å². The van der Waals surface area contributed by atoms with Gasteiger partial charge in [0, 0.05) is 54.8 Å². The number of carbonyl (C=O) groups is 2. The molecule has 5 rings (SSSR count). The van der Waals surface area contributed by atoms with Crippen molar-refractivity contribution >= 4 is 29.0 Å². The number of benzene rings is 1. The Bertz CT molecular complexity index is 1430. The van der Waals surface area contributed by atoms with Crippen LogP contribution in [0.2, 0.25) is 0 Å². The molecule has 1 atom stereocenters. The molecular weight excluding hydrogens is 527 g/mol. The van der Waals surface area contributed by atoms with Gasteiger partial charge in [-0.3, -0.25) is 19.5 Å². The molecule has 1 saturated heterocycles. The second-order valence-electron chi connectivity index (χ2n) is 9.70. The van der Waals surface area contributed by atoms with Gasteiger partial charge in [-0.15, -0.1) is 0 Å². The average molecular weight is 556 g/mol. The number of hydrogen-bond donors (Lipinski definition) is 2. The molecule has 2 N–H and O–H groups in total. The number of rotatable bonds is 5. The van der Waals surface area contributed by atoms with E-state index in [1.165, 1.54) is 11.0 Å². The highest BCUT2D eigenvalue weighted by Crippen LogP contribution is 2.39. The van der Waals surface area contributed by atoms with E-state index in [2.05, 4.69) is 20.2 Å². The molecule has 2 aliphatic heterocycles. The molecule has 0 aliphatic carbocycles. The van der Waals surface area contributed by atoms with E-state index in [0.717, 1.165) is 28.6 Å². The van der Waals surface area contributed by atoms with Gasteiger partial charge in [0.25, 0.3) is 5.91 Å². The number of aryl methyl sites for hydroxylation is 1. The van der Waals surface area contributed by atoms with Crippen molar-refractivity contribution in [3.05, 3.63) is 65.6 Å². The van der Waals surface area contributed by atoms with E-state index in [-0.39, 0.29) is 37.1 Å². The summed E-state index contributed by atoms with van der Waals surface area (Å²) in [5, 5.41) is 12.3. The number of halogens is 3. The van der Waals surface area contributed by atoms with Crippen LogP contribution in [0.15, 0.2) is 48.8 Å². The molecule has 1 fully saturated rings. The molecule has 210 valence electrons. The molecule has 40 heavy (non-hydrogen) atoms. The number of hydrogen-bond acceptors (Lipinski definition) is 7. The van der Waals surface area contributed by atoms with Crippen LogP contribution in [0.4, 0.5) is 30.4 Å². The second kappa shape index (κ2) is 11.2. The van der Waals surface area contributed by atoms with Crippen LogP contribution in [0.5, 0.6) is 0 Å². The quantitative estimate of drug-likeness (QED) is 0.489. The van der Waals surface area contributed by atoms with Crippen molar-refractivity contribution in [2.75, 3.05) is 48.0 Å². The number of alkyl halides is 3. The molecule has 2 amide bonds. The number of carbonyl (C=O) groups excluding carboxylic acids is 2. The fourth-order valence-electron chi connectivity index (χ4n) is 5.07. The van der Waals surface area contributed by atoms with E-state index in [0.29, 0.717) is 43.8 Å². The van der Waals surface area contributed by atoms with Gasteiger partial charge in [0.15, 0.2) is 5.82 Å². The Morgan fingerprint density at radius 1 is 1.18 bits per heavy atom. The van der Waals surface area contributed by atoms with Crippen molar-refractivity contribution in [2.45, 2.75) is 32.0 Å². The fourth-order valence-corrected chi connectivity index (χ4v) is 5.07. The zero-order valence-electron chi connectivity index (χ0n) is 21.7. The molecule has 0 saturated carbocycles. The van der Waals surface area contributed by atoms with E-state index in [4.69, 9.17) is 4.74 Å². The van der Waals surface area contributed by atoms with E-state index < -0.39 is 17.8 Å². The molecule has 2 aromatic heterocycles. The van der Waals surface area contributed by atoms with Gasteiger partial charge in [0.2, 0.25) is 5.91 Å². The number of β-amino-alcohol motifs (C(OH)–C–C–N with tert-alkyl or cyclic N) is 1. The number of amides is 2. The highest BCUT2D eigenvalue weighted by atomic mass is 19.4. The van der Waals surface area contributed by atoms with Gasteiger partial charge in [0.1, 0.15) is 5.69 Å². The lowest BCUT2D eigenvalue weighted by atomic mass is 10.00. The van der Waals surface area contributed by atoms with Crippen LogP contribution in [-0.2, 0) is 15.7 Å². The maximum atomic E-state index is 13.1. The number of ether oxygens (including phenoxy) is 1. The predicted molar refractivity (Wildman–Crippen MR) is 142 cm³/mol. The lowest BCUT2D eigenvalue weighted by Crippen LogP contribution is -2.38. The summed E-state index contributed by atoms with van der Waals surface area (Å²) in [7, 11) is 0. The van der Waals surface area contributed by atoms with Gasteiger partial charge in [-0.05, 0) is 54.8 Å². The summed E-state index contributed by atoms with van der Waals surface area (Å²) in [6.07, 6.45) is -1.13. The van der Waals surface area contributed by atoms with Crippen LogP contribution in [0, 0.1) is 6.92 Å². The summed E-state index contributed by atoms with van der Waals surface area (Å²) in [5.41, 5.74) is 2.20. The topological polar surface area (TPSA) is 108 Å². The van der Waals surface area contributed by atoms with Gasteiger partial charge in [-0.2, -0.15) is 13.2 Å². The SMILES string of the molecule is Cc1ccc(NC(=O)c2ccnc(C(F)(F)F)c2)cc1-c1cnc2c(c1)N1CCOCCC1CC(=O)N2CCO. The van der Waals surface area contributed by atoms with E-state index in [9.17, 15) is 27.9 Å². The first-order valence-electron chi connectivity index (χ1n) is 12.9. The molecule has 2 aliphatic rings. The van der Waals surface area contributed by atoms with Crippen LogP contribution in [-0.4, -0.2) is 65.8 Å². The van der Waals surface area contributed by atoms with Crippen LogP contribution >= 0.6 is 0 Å². The Hall–Kier alpha value is -4.03. The Morgan fingerprint density at radius 3 is 2.77 bits per heavy atom. The van der Waals surface area contributed by atoms with Crippen molar-refractivity contribution in [3.63, 3.8) is 0 Å². The van der Waals surface area contributed by atoms with Gasteiger partial charge in [0.05, 0.1) is 25.4 Å². The van der Waals surface area contributed by atoms with Gasteiger partial charge >= 0.3 is 6.18 Å². The molecule has 9 nitrogen and oxygen atoms in total. The fraction of sp³-hybridized carbons (Fsp3) is 0.357. The predicted octanol–water partition coefficient (Wildman–Crippen LogP) is 4.05. The number of aromatic nitrogens is 2. The summed E-state index contributed by atoms with van der Waals surface area (Å²) in [5.74, 6) is -0.351. The molecule has 1 aromatic carbocycles. The zero-order chi connectivity index (χ0) is 28.4. The first-order chi connectivity index (χ1) is 19.2. The Labute approximate surface area is 228 Å². The number of pyridine rings is 2. The molecule has 0 radical (unpaired) electrons. The third-order valence-electron chi connectivity index (χ3n) is 7.08. The average Bonchev–Trinajstić information content (AvgIpc) is 3.22. The number of aliphatic hydroxyl groups excluding tert-OH is 1. The van der Waals surface area contributed by atoms with Gasteiger partial charge < -0.3 is 20.1 Å². The third kappa shape index (κ3) is 5.63. The Kier molecular flexibility index (Phi) is 7.72. The Balaban J connectivity index is 1.50. The highest BCUT2D eigenvalue weighted by Gasteiger charge is 2.35. The summed E-state index contributed by atoms with van der Waals surface area (Å²) in [4.78, 5) is 37.5. The normalized spacial score (nSPS) is 17.5. The van der Waals surface area contributed by atoms with Crippen molar-refractivity contribution < 1.29 is 32.6 Å². The van der Waals surface area contributed by atoms with Gasteiger partial charge in [-0.25, -0.2) is 4.98 Å². The monoisotopic (exact) mass is 555 g/mol. The van der Waals surface area contributed by atoms with Crippen LogP contribution in [0.25, 0.3) is 11.1 Å². The second-order valence-corrected chi connectivity index (χ2v) is 9.70. The summed E-state index contributed by atoms with van der Waals surface area (Å²) in [6.45, 7) is 3.44. The highest BCUT2D eigenvalue weighted by molar-refractivity contribution is 6.04. The van der Waals surface area contributed by atoms with Crippen molar-refractivity contribution in [1.82, 2.24) is 9.97 Å². The lowest BCUT2D eigenvalue weighted by Gasteiger charge is -2.30. The van der Waals surface area contributed by atoms with Gasteiger partial charge in [-0.1, -0.05) is 6.07 Å². The van der Waals surface area contributed by atoms with Crippen molar-refractivity contribution in [2.24, 2.45) is 0 Å². The molecule has 4 heterocycles.